The number of amides is 1. The molecule has 1 heterocycles. The third-order valence-corrected chi connectivity index (χ3v) is 2.95. The number of rotatable bonds is 2. The van der Waals surface area contributed by atoms with Gasteiger partial charge in [0.25, 0.3) is 0 Å². The third-order valence-electron chi connectivity index (χ3n) is 1.65. The fourth-order valence-corrected chi connectivity index (χ4v) is 1.86. The van der Waals surface area contributed by atoms with Crippen molar-refractivity contribution in [2.45, 2.75) is 13.5 Å². The van der Waals surface area contributed by atoms with Gasteiger partial charge in [-0.1, -0.05) is 0 Å². The number of halogens is 1. The van der Waals surface area contributed by atoms with Crippen molar-refractivity contribution in [2.24, 2.45) is 0 Å². The molecule has 0 saturated carbocycles. The average molecular weight is 204 g/mol. The van der Waals surface area contributed by atoms with Gasteiger partial charge in [0, 0.05) is 11.9 Å². The molecule has 0 unspecified atom stereocenters. The van der Waals surface area contributed by atoms with Crippen molar-refractivity contribution < 1.29 is 4.79 Å². The van der Waals surface area contributed by atoms with E-state index >= 15 is 0 Å². The summed E-state index contributed by atoms with van der Waals surface area (Å²) < 4.78 is 0. The summed E-state index contributed by atoms with van der Waals surface area (Å²) in [6, 6.07) is 2.03. The minimum Gasteiger partial charge on any atom is -0.327 e. The lowest BCUT2D eigenvalue weighted by atomic mass is 10.3. The van der Waals surface area contributed by atoms with Crippen LogP contribution in [-0.4, -0.2) is 17.3 Å². The molecule has 66 valence electrons. The number of hydrogen-bond donors (Lipinski definition) is 0. The van der Waals surface area contributed by atoms with Crippen LogP contribution in [0.15, 0.2) is 11.4 Å². The Hall–Kier alpha value is -0.540. The zero-order chi connectivity index (χ0) is 9.14. The summed E-state index contributed by atoms with van der Waals surface area (Å²) in [6.45, 7) is 2.63. The molecule has 0 radical (unpaired) electrons. The second-order valence-electron chi connectivity index (χ2n) is 2.64. The quantitative estimate of drug-likeness (QED) is 0.535. The Kier molecular flexibility index (Phi) is 3.12. The Morgan fingerprint density at radius 2 is 2.42 bits per heavy atom. The molecule has 1 rings (SSSR count). The van der Waals surface area contributed by atoms with E-state index < -0.39 is 5.37 Å². The Balaban J connectivity index is 2.64. The molecule has 1 aromatic rings. The van der Waals surface area contributed by atoms with Gasteiger partial charge in [-0.05, 0) is 35.5 Å². The topological polar surface area (TPSA) is 20.3 Å². The van der Waals surface area contributed by atoms with Crippen molar-refractivity contribution in [1.82, 2.24) is 4.90 Å². The van der Waals surface area contributed by atoms with Crippen LogP contribution in [0.1, 0.15) is 10.4 Å². The number of nitrogens with zero attached hydrogens (tertiary/aromatic N) is 1. The molecular formula is C8H10ClNOS. The van der Waals surface area contributed by atoms with Crippen LogP contribution < -0.4 is 0 Å². The predicted octanol–water partition coefficient (Wildman–Crippen LogP) is 2.85. The average Bonchev–Trinajstić information content (AvgIpc) is 2.36. The molecule has 1 aromatic heterocycles. The highest BCUT2D eigenvalue weighted by molar-refractivity contribution is 7.10. The van der Waals surface area contributed by atoms with E-state index in [9.17, 15) is 4.79 Å². The molecule has 0 bridgehead atoms. The molecule has 0 aliphatic rings. The normalized spacial score (nSPS) is 9.92. The number of thiophene rings is 1. The van der Waals surface area contributed by atoms with Crippen molar-refractivity contribution in [1.29, 1.82) is 0 Å². The molecule has 0 saturated heterocycles. The second kappa shape index (κ2) is 3.92. The largest absolute Gasteiger partial charge is 0.327 e. The van der Waals surface area contributed by atoms with Crippen molar-refractivity contribution in [2.75, 3.05) is 7.05 Å². The van der Waals surface area contributed by atoms with Gasteiger partial charge in [0.2, 0.25) is 0 Å². The Bertz CT molecular complexity index is 284. The van der Waals surface area contributed by atoms with Gasteiger partial charge in [0.1, 0.15) is 0 Å². The molecule has 12 heavy (non-hydrogen) atoms. The molecule has 1 amide bonds. The maximum atomic E-state index is 10.7. The van der Waals surface area contributed by atoms with Gasteiger partial charge >= 0.3 is 5.37 Å². The highest BCUT2D eigenvalue weighted by Crippen LogP contribution is 2.17. The van der Waals surface area contributed by atoms with Crippen LogP contribution >= 0.6 is 22.9 Å². The highest BCUT2D eigenvalue weighted by atomic mass is 35.5. The summed E-state index contributed by atoms with van der Waals surface area (Å²) in [5, 5.41) is 1.60. The Morgan fingerprint density at radius 1 is 1.75 bits per heavy atom. The number of carbonyl (C=O) groups is 1. The zero-order valence-corrected chi connectivity index (χ0v) is 8.58. The van der Waals surface area contributed by atoms with E-state index in [4.69, 9.17) is 11.6 Å². The molecule has 0 fully saturated rings. The Labute approximate surface area is 80.8 Å². The van der Waals surface area contributed by atoms with E-state index in [1.165, 1.54) is 15.3 Å². The van der Waals surface area contributed by atoms with Crippen LogP contribution in [0.3, 0.4) is 0 Å². The van der Waals surface area contributed by atoms with Gasteiger partial charge in [-0.15, -0.1) is 11.3 Å². The summed E-state index contributed by atoms with van der Waals surface area (Å²) in [5.41, 5.74) is 1.21. The molecule has 0 atom stereocenters. The lowest BCUT2D eigenvalue weighted by Crippen LogP contribution is -2.19. The van der Waals surface area contributed by atoms with Gasteiger partial charge in [0.15, 0.2) is 0 Å². The van der Waals surface area contributed by atoms with Crippen LogP contribution in [0.5, 0.6) is 0 Å². The van der Waals surface area contributed by atoms with E-state index in [2.05, 4.69) is 0 Å². The molecule has 0 aliphatic carbocycles. The van der Waals surface area contributed by atoms with Crippen LogP contribution in [0.2, 0.25) is 0 Å². The molecule has 0 N–H and O–H groups in total. The van der Waals surface area contributed by atoms with E-state index in [0.717, 1.165) is 0 Å². The monoisotopic (exact) mass is 203 g/mol. The predicted molar refractivity (Wildman–Crippen MR) is 51.8 cm³/mol. The van der Waals surface area contributed by atoms with E-state index in [1.54, 1.807) is 18.4 Å². The van der Waals surface area contributed by atoms with Crippen molar-refractivity contribution in [3.63, 3.8) is 0 Å². The van der Waals surface area contributed by atoms with E-state index in [0.29, 0.717) is 6.54 Å². The van der Waals surface area contributed by atoms with Crippen LogP contribution in [0.25, 0.3) is 0 Å². The van der Waals surface area contributed by atoms with Crippen molar-refractivity contribution >= 4 is 28.3 Å². The first-order valence-electron chi connectivity index (χ1n) is 3.55. The standard InChI is InChI=1S/C8H10ClNOS/c1-6-3-4-12-7(6)5-10(2)8(9)11/h3-4H,5H2,1-2H3. The zero-order valence-electron chi connectivity index (χ0n) is 7.00. The summed E-state index contributed by atoms with van der Waals surface area (Å²) in [5.74, 6) is 0. The Morgan fingerprint density at radius 3 is 2.83 bits per heavy atom. The molecule has 2 nitrogen and oxygen atoms in total. The van der Waals surface area contributed by atoms with Crippen molar-refractivity contribution in [3.05, 3.63) is 21.9 Å². The maximum Gasteiger partial charge on any atom is 0.316 e. The SMILES string of the molecule is Cc1ccsc1CN(C)C(=O)Cl. The number of carbonyl (C=O) groups excluding carboxylic acids is 1. The summed E-state index contributed by atoms with van der Waals surface area (Å²) >= 11 is 6.93. The van der Waals surface area contributed by atoms with Crippen LogP contribution in [-0.2, 0) is 6.54 Å². The van der Waals surface area contributed by atoms with Gasteiger partial charge in [-0.2, -0.15) is 0 Å². The highest BCUT2D eigenvalue weighted by Gasteiger charge is 2.07. The van der Waals surface area contributed by atoms with E-state index in [-0.39, 0.29) is 0 Å². The van der Waals surface area contributed by atoms with Crippen LogP contribution in [0.4, 0.5) is 4.79 Å². The smallest absolute Gasteiger partial charge is 0.316 e. The summed E-state index contributed by atoms with van der Waals surface area (Å²) in [4.78, 5) is 13.4. The fraction of sp³-hybridized carbons (Fsp3) is 0.375. The number of hydrogen-bond acceptors (Lipinski definition) is 2. The van der Waals surface area contributed by atoms with Gasteiger partial charge in [-0.25, -0.2) is 0 Å². The lowest BCUT2D eigenvalue weighted by Gasteiger charge is -2.11. The van der Waals surface area contributed by atoms with Crippen molar-refractivity contribution in [3.8, 4) is 0 Å². The van der Waals surface area contributed by atoms with Crippen LogP contribution in [0, 0.1) is 6.92 Å². The number of aryl methyl sites for hydroxylation is 1. The minimum absolute atomic E-state index is 0.414. The first-order valence-corrected chi connectivity index (χ1v) is 4.80. The van der Waals surface area contributed by atoms with E-state index in [1.807, 2.05) is 18.4 Å². The molecule has 0 aliphatic heterocycles. The van der Waals surface area contributed by atoms with Gasteiger partial charge in [0.05, 0.1) is 6.54 Å². The molecular weight excluding hydrogens is 194 g/mol. The molecule has 4 heteroatoms. The molecule has 0 aromatic carbocycles. The summed E-state index contributed by atoms with van der Waals surface area (Å²) in [6.07, 6.45) is 0. The lowest BCUT2D eigenvalue weighted by molar-refractivity contribution is 0.231. The van der Waals surface area contributed by atoms with Gasteiger partial charge < -0.3 is 4.90 Å². The first-order chi connectivity index (χ1) is 5.61. The first kappa shape index (κ1) is 9.55. The fourth-order valence-electron chi connectivity index (χ4n) is 0.844. The van der Waals surface area contributed by atoms with Gasteiger partial charge in [-0.3, -0.25) is 4.79 Å². The maximum absolute atomic E-state index is 10.7. The summed E-state index contributed by atoms with van der Waals surface area (Å²) in [7, 11) is 1.69. The minimum atomic E-state index is -0.414. The molecule has 0 spiro atoms. The third kappa shape index (κ3) is 2.22. The second-order valence-corrected chi connectivity index (χ2v) is 3.96.